The Balaban J connectivity index is 1.75. The number of nitrogens with zero attached hydrogens (tertiary/aromatic N) is 3. The van der Waals surface area contributed by atoms with Crippen molar-refractivity contribution in [2.45, 2.75) is 49.5 Å². The second-order valence-corrected chi connectivity index (χ2v) is 9.24. The first kappa shape index (κ1) is 18.5. The fourth-order valence-corrected chi connectivity index (χ4v) is 5.66. The van der Waals surface area contributed by atoms with Gasteiger partial charge in [0.2, 0.25) is 0 Å². The van der Waals surface area contributed by atoms with Crippen molar-refractivity contribution in [1.82, 2.24) is 9.88 Å². The molecule has 1 aromatic heterocycles. The van der Waals surface area contributed by atoms with Crippen molar-refractivity contribution < 1.29 is 9.59 Å². The molecule has 1 unspecified atom stereocenters. The summed E-state index contributed by atoms with van der Waals surface area (Å²) in [7, 11) is 0. The van der Waals surface area contributed by atoms with Gasteiger partial charge in [0.15, 0.2) is 10.2 Å². The topological polar surface area (TPSA) is 53.5 Å². The molecular formula is C20H23N3O2S2. The molecule has 2 amide bonds. The third kappa shape index (κ3) is 3.62. The van der Waals surface area contributed by atoms with Crippen molar-refractivity contribution >= 4 is 40.7 Å². The molecular weight excluding hydrogens is 378 g/mol. The highest BCUT2D eigenvalue weighted by molar-refractivity contribution is 8.01. The van der Waals surface area contributed by atoms with E-state index in [4.69, 9.17) is 4.98 Å². The minimum Gasteiger partial charge on any atom is -0.326 e. The lowest BCUT2D eigenvalue weighted by Crippen LogP contribution is -2.50. The van der Waals surface area contributed by atoms with E-state index in [9.17, 15) is 9.59 Å². The van der Waals surface area contributed by atoms with Gasteiger partial charge < -0.3 is 4.90 Å². The van der Waals surface area contributed by atoms with Gasteiger partial charge in [-0.25, -0.2) is 4.98 Å². The van der Waals surface area contributed by atoms with Crippen LogP contribution in [0.2, 0.25) is 0 Å². The van der Waals surface area contributed by atoms with Crippen LogP contribution in [0.15, 0.2) is 34.7 Å². The highest BCUT2D eigenvalue weighted by atomic mass is 32.2. The maximum absolute atomic E-state index is 13.4. The van der Waals surface area contributed by atoms with Gasteiger partial charge in [-0.1, -0.05) is 49.0 Å². The summed E-state index contributed by atoms with van der Waals surface area (Å²) in [5.41, 5.74) is 1.05. The Hall–Kier alpha value is -1.86. The number of piperidine rings is 1. The number of fused-ring (bicyclic) bond motifs is 2. The summed E-state index contributed by atoms with van der Waals surface area (Å²) >= 11 is 3.10. The van der Waals surface area contributed by atoms with E-state index in [1.807, 2.05) is 30.3 Å². The van der Waals surface area contributed by atoms with Crippen LogP contribution in [0.1, 0.15) is 47.8 Å². The highest BCUT2D eigenvalue weighted by Crippen LogP contribution is 2.38. The molecule has 0 saturated carbocycles. The largest absolute Gasteiger partial charge is 0.326 e. The van der Waals surface area contributed by atoms with Crippen LogP contribution in [-0.2, 0) is 11.3 Å². The highest BCUT2D eigenvalue weighted by Gasteiger charge is 2.42. The Labute approximate surface area is 167 Å². The molecule has 4 rings (SSSR count). The van der Waals surface area contributed by atoms with Gasteiger partial charge in [-0.15, -0.1) is 11.3 Å². The monoisotopic (exact) mass is 401 g/mol. The standard InChI is InChI=1S/C20H23N3O2S2/c1-2-12-26-20-21-17-16(27-20)19(25)22-11-7-6-10-15(22)18(24)23(17)13-14-8-4-3-5-9-14/h3-5,8-9,15H,2,6-7,10-13H2,1H3. The number of hydrogen-bond donors (Lipinski definition) is 0. The molecule has 0 N–H and O–H groups in total. The summed E-state index contributed by atoms with van der Waals surface area (Å²) < 4.78 is 0.872. The van der Waals surface area contributed by atoms with Gasteiger partial charge in [0.25, 0.3) is 11.8 Å². The van der Waals surface area contributed by atoms with E-state index >= 15 is 0 Å². The average molecular weight is 402 g/mol. The summed E-state index contributed by atoms with van der Waals surface area (Å²) in [6.45, 7) is 3.23. The predicted octanol–water partition coefficient (Wildman–Crippen LogP) is 4.19. The molecule has 0 radical (unpaired) electrons. The number of carbonyl (C=O) groups excluding carboxylic acids is 2. The van der Waals surface area contributed by atoms with Crippen molar-refractivity contribution in [2.75, 3.05) is 17.2 Å². The third-order valence-electron chi connectivity index (χ3n) is 4.97. The second kappa shape index (κ2) is 8.02. The summed E-state index contributed by atoms with van der Waals surface area (Å²) in [5.74, 6) is 1.48. The van der Waals surface area contributed by atoms with E-state index in [1.165, 1.54) is 11.3 Å². The zero-order chi connectivity index (χ0) is 18.8. The molecule has 1 fully saturated rings. The van der Waals surface area contributed by atoms with Crippen LogP contribution >= 0.6 is 23.1 Å². The molecule has 1 aromatic carbocycles. The van der Waals surface area contributed by atoms with Crippen molar-refractivity contribution in [1.29, 1.82) is 0 Å². The third-order valence-corrected chi connectivity index (χ3v) is 7.35. The van der Waals surface area contributed by atoms with Gasteiger partial charge in [-0.05, 0) is 31.2 Å². The smallest absolute Gasteiger partial charge is 0.268 e. The Kier molecular flexibility index (Phi) is 5.50. The fourth-order valence-electron chi connectivity index (χ4n) is 3.63. The average Bonchev–Trinajstić information content (AvgIpc) is 3.11. The minimum atomic E-state index is -0.358. The van der Waals surface area contributed by atoms with Gasteiger partial charge >= 0.3 is 0 Å². The quantitative estimate of drug-likeness (QED) is 0.705. The van der Waals surface area contributed by atoms with Crippen molar-refractivity contribution in [3.63, 3.8) is 0 Å². The molecule has 0 aliphatic carbocycles. The number of carbonyl (C=O) groups is 2. The Morgan fingerprint density at radius 3 is 2.81 bits per heavy atom. The van der Waals surface area contributed by atoms with Crippen LogP contribution in [0.4, 0.5) is 5.82 Å². The molecule has 3 heterocycles. The number of anilines is 1. The van der Waals surface area contributed by atoms with Gasteiger partial charge in [-0.3, -0.25) is 14.5 Å². The van der Waals surface area contributed by atoms with E-state index in [0.29, 0.717) is 23.8 Å². The number of thiazole rings is 1. The molecule has 1 saturated heterocycles. The molecule has 1 atom stereocenters. The van der Waals surface area contributed by atoms with Gasteiger partial charge in [-0.2, -0.15) is 0 Å². The summed E-state index contributed by atoms with van der Waals surface area (Å²) in [6.07, 6.45) is 3.73. The summed E-state index contributed by atoms with van der Waals surface area (Å²) in [6, 6.07) is 9.58. The fraction of sp³-hybridized carbons (Fsp3) is 0.450. The number of aromatic nitrogens is 1. The number of rotatable bonds is 5. The zero-order valence-electron chi connectivity index (χ0n) is 15.4. The maximum atomic E-state index is 13.4. The lowest BCUT2D eigenvalue weighted by Gasteiger charge is -2.34. The first-order valence-corrected chi connectivity index (χ1v) is 11.3. The van der Waals surface area contributed by atoms with Crippen LogP contribution in [0, 0.1) is 0 Å². The van der Waals surface area contributed by atoms with Gasteiger partial charge in [0.05, 0.1) is 6.54 Å². The maximum Gasteiger partial charge on any atom is 0.268 e. The number of benzene rings is 1. The molecule has 5 nitrogen and oxygen atoms in total. The van der Waals surface area contributed by atoms with Crippen LogP contribution in [0.3, 0.4) is 0 Å². The van der Waals surface area contributed by atoms with E-state index in [-0.39, 0.29) is 17.9 Å². The van der Waals surface area contributed by atoms with Crippen molar-refractivity contribution in [2.24, 2.45) is 0 Å². The van der Waals surface area contributed by atoms with Gasteiger partial charge in [0.1, 0.15) is 10.9 Å². The predicted molar refractivity (Wildman–Crippen MR) is 109 cm³/mol. The molecule has 0 spiro atoms. The summed E-state index contributed by atoms with van der Waals surface area (Å²) in [4.78, 5) is 35.5. The van der Waals surface area contributed by atoms with Crippen LogP contribution in [0.25, 0.3) is 0 Å². The first-order valence-electron chi connectivity index (χ1n) is 9.49. The molecule has 2 aliphatic rings. The molecule has 27 heavy (non-hydrogen) atoms. The molecule has 2 aromatic rings. The van der Waals surface area contributed by atoms with E-state index in [2.05, 4.69) is 6.92 Å². The van der Waals surface area contributed by atoms with Crippen LogP contribution in [0.5, 0.6) is 0 Å². The van der Waals surface area contributed by atoms with Gasteiger partial charge in [0, 0.05) is 12.3 Å². The van der Waals surface area contributed by atoms with E-state index in [1.54, 1.807) is 21.6 Å². The van der Waals surface area contributed by atoms with E-state index in [0.717, 1.165) is 41.3 Å². The molecule has 0 bridgehead atoms. The normalized spacial score (nSPS) is 19.7. The summed E-state index contributed by atoms with van der Waals surface area (Å²) in [5, 5.41) is 0. The first-order chi connectivity index (χ1) is 13.2. The Morgan fingerprint density at radius 2 is 2.04 bits per heavy atom. The number of hydrogen-bond acceptors (Lipinski definition) is 5. The van der Waals surface area contributed by atoms with Crippen molar-refractivity contribution in [3.05, 3.63) is 40.8 Å². The molecule has 7 heteroatoms. The number of thioether (sulfide) groups is 1. The molecule has 142 valence electrons. The SMILES string of the molecule is CCCSc1nc2c(s1)C(=O)N1CCCCC1C(=O)N2Cc1ccccc1. The van der Waals surface area contributed by atoms with Crippen LogP contribution < -0.4 is 4.90 Å². The van der Waals surface area contributed by atoms with E-state index < -0.39 is 0 Å². The molecule has 2 aliphatic heterocycles. The Bertz CT molecular complexity index is 837. The minimum absolute atomic E-state index is 0.00277. The Morgan fingerprint density at radius 1 is 1.22 bits per heavy atom. The van der Waals surface area contributed by atoms with Crippen molar-refractivity contribution in [3.8, 4) is 0 Å². The second-order valence-electron chi connectivity index (χ2n) is 6.90. The zero-order valence-corrected chi connectivity index (χ0v) is 17.0. The lowest BCUT2D eigenvalue weighted by atomic mass is 10.0. The number of amides is 2. The lowest BCUT2D eigenvalue weighted by molar-refractivity contribution is -0.124. The van der Waals surface area contributed by atoms with Crippen LogP contribution in [-0.4, -0.2) is 40.0 Å².